The average molecular weight is 283 g/mol. The van der Waals surface area contributed by atoms with Crippen molar-refractivity contribution in [3.63, 3.8) is 0 Å². The zero-order valence-corrected chi connectivity index (χ0v) is 12.4. The molecule has 0 spiro atoms. The first-order chi connectivity index (χ1) is 9.21. The second-order valence-electron chi connectivity index (χ2n) is 5.73. The molecule has 112 valence electrons. The molecule has 0 fully saturated rings. The Morgan fingerprint density at radius 1 is 1.45 bits per heavy atom. The Morgan fingerprint density at radius 2 is 2.05 bits per heavy atom. The van der Waals surface area contributed by atoms with Crippen LogP contribution in [0.3, 0.4) is 0 Å². The SMILES string of the molecule is CCN(CC(C)(C)CN)c1cc(C)c(F)cc1[N+](=O)[O-]. The van der Waals surface area contributed by atoms with Gasteiger partial charge in [-0.05, 0) is 37.4 Å². The molecule has 0 aliphatic heterocycles. The smallest absolute Gasteiger partial charge is 0.295 e. The number of hydrogen-bond acceptors (Lipinski definition) is 4. The normalized spacial score (nSPS) is 11.5. The van der Waals surface area contributed by atoms with Crippen LogP contribution in [0.5, 0.6) is 0 Å². The van der Waals surface area contributed by atoms with Crippen LogP contribution in [0.25, 0.3) is 0 Å². The first-order valence-electron chi connectivity index (χ1n) is 6.61. The molecule has 20 heavy (non-hydrogen) atoms. The summed E-state index contributed by atoms with van der Waals surface area (Å²) in [6.07, 6.45) is 0. The van der Waals surface area contributed by atoms with Crippen LogP contribution in [0.4, 0.5) is 15.8 Å². The minimum atomic E-state index is -0.561. The van der Waals surface area contributed by atoms with Crippen molar-refractivity contribution in [3.05, 3.63) is 33.6 Å². The Morgan fingerprint density at radius 3 is 2.50 bits per heavy atom. The molecule has 0 bridgehead atoms. The summed E-state index contributed by atoms with van der Waals surface area (Å²) in [4.78, 5) is 12.5. The van der Waals surface area contributed by atoms with Crippen molar-refractivity contribution in [3.8, 4) is 0 Å². The highest BCUT2D eigenvalue weighted by molar-refractivity contribution is 5.65. The summed E-state index contributed by atoms with van der Waals surface area (Å²) in [6.45, 7) is 9.15. The molecule has 0 saturated carbocycles. The standard InChI is InChI=1S/C14H22FN3O2/c1-5-17(9-14(3,4)8-16)12-6-10(2)11(15)7-13(12)18(19)20/h6-7H,5,8-9,16H2,1-4H3. The van der Waals surface area contributed by atoms with Crippen LogP contribution in [-0.4, -0.2) is 24.6 Å². The molecule has 5 nitrogen and oxygen atoms in total. The Balaban J connectivity index is 3.27. The van der Waals surface area contributed by atoms with E-state index in [1.54, 1.807) is 6.92 Å². The molecule has 0 heterocycles. The summed E-state index contributed by atoms with van der Waals surface area (Å²) in [5.74, 6) is -0.561. The maximum atomic E-state index is 13.5. The summed E-state index contributed by atoms with van der Waals surface area (Å²) in [7, 11) is 0. The van der Waals surface area contributed by atoms with Crippen LogP contribution in [-0.2, 0) is 0 Å². The molecule has 0 saturated heterocycles. The molecular formula is C14H22FN3O2. The van der Waals surface area contributed by atoms with Crippen LogP contribution in [0.2, 0.25) is 0 Å². The van der Waals surface area contributed by atoms with Gasteiger partial charge in [0.05, 0.1) is 11.0 Å². The van der Waals surface area contributed by atoms with Gasteiger partial charge in [0.2, 0.25) is 0 Å². The Labute approximate surface area is 118 Å². The lowest BCUT2D eigenvalue weighted by Gasteiger charge is -2.32. The van der Waals surface area contributed by atoms with E-state index >= 15 is 0 Å². The number of nitro groups is 1. The van der Waals surface area contributed by atoms with Crippen molar-refractivity contribution in [1.29, 1.82) is 0 Å². The van der Waals surface area contributed by atoms with E-state index < -0.39 is 10.7 Å². The quantitative estimate of drug-likeness (QED) is 0.643. The number of nitrogens with zero attached hydrogens (tertiary/aromatic N) is 2. The predicted octanol–water partition coefficient (Wildman–Crippen LogP) is 2.85. The third kappa shape index (κ3) is 3.66. The fraction of sp³-hybridized carbons (Fsp3) is 0.571. The largest absolute Gasteiger partial charge is 0.366 e. The highest BCUT2D eigenvalue weighted by atomic mass is 19.1. The first kappa shape index (κ1) is 16.4. The van der Waals surface area contributed by atoms with Gasteiger partial charge in [0.15, 0.2) is 0 Å². The summed E-state index contributed by atoms with van der Waals surface area (Å²) < 4.78 is 13.5. The van der Waals surface area contributed by atoms with Crippen LogP contribution in [0, 0.1) is 28.3 Å². The number of nitro benzene ring substituents is 1. The van der Waals surface area contributed by atoms with Gasteiger partial charge in [0, 0.05) is 13.1 Å². The third-order valence-corrected chi connectivity index (χ3v) is 3.35. The molecule has 2 N–H and O–H groups in total. The van der Waals surface area contributed by atoms with E-state index in [2.05, 4.69) is 0 Å². The minimum absolute atomic E-state index is 0.174. The molecule has 0 aliphatic carbocycles. The van der Waals surface area contributed by atoms with Crippen molar-refractivity contribution in [1.82, 2.24) is 0 Å². The van der Waals surface area contributed by atoms with Crippen LogP contribution >= 0.6 is 0 Å². The van der Waals surface area contributed by atoms with Gasteiger partial charge in [0.1, 0.15) is 11.5 Å². The van der Waals surface area contributed by atoms with E-state index in [1.807, 2.05) is 25.7 Å². The molecule has 1 rings (SSSR count). The van der Waals surface area contributed by atoms with Gasteiger partial charge in [-0.15, -0.1) is 0 Å². The molecule has 0 atom stereocenters. The van der Waals surface area contributed by atoms with Crippen LogP contribution in [0.15, 0.2) is 12.1 Å². The molecule has 6 heteroatoms. The lowest BCUT2D eigenvalue weighted by molar-refractivity contribution is -0.384. The van der Waals surface area contributed by atoms with Crippen molar-refractivity contribution < 1.29 is 9.31 Å². The summed E-state index contributed by atoms with van der Waals surface area (Å²) >= 11 is 0. The third-order valence-electron chi connectivity index (χ3n) is 3.35. The number of aryl methyl sites for hydroxylation is 1. The lowest BCUT2D eigenvalue weighted by Crippen LogP contribution is -2.39. The maximum absolute atomic E-state index is 13.5. The highest BCUT2D eigenvalue weighted by Crippen LogP contribution is 2.32. The van der Waals surface area contributed by atoms with E-state index in [4.69, 9.17) is 5.73 Å². The van der Waals surface area contributed by atoms with Crippen molar-refractivity contribution in [2.24, 2.45) is 11.1 Å². The molecule has 1 aromatic rings. The number of hydrogen-bond donors (Lipinski definition) is 1. The van der Waals surface area contributed by atoms with Gasteiger partial charge in [0.25, 0.3) is 5.69 Å². The number of nitrogens with two attached hydrogens (primary N) is 1. The minimum Gasteiger partial charge on any atom is -0.366 e. The van der Waals surface area contributed by atoms with E-state index in [0.717, 1.165) is 6.07 Å². The summed E-state index contributed by atoms with van der Waals surface area (Å²) in [5, 5.41) is 11.1. The Bertz CT molecular complexity index is 503. The van der Waals surface area contributed by atoms with Crippen molar-refractivity contribution in [2.45, 2.75) is 27.7 Å². The molecule has 0 amide bonds. The van der Waals surface area contributed by atoms with Crippen molar-refractivity contribution >= 4 is 11.4 Å². The number of rotatable bonds is 6. The predicted molar refractivity (Wildman–Crippen MR) is 78.5 cm³/mol. The van der Waals surface area contributed by atoms with E-state index in [9.17, 15) is 14.5 Å². The van der Waals surface area contributed by atoms with Gasteiger partial charge in [-0.2, -0.15) is 0 Å². The molecular weight excluding hydrogens is 261 g/mol. The molecule has 0 radical (unpaired) electrons. The monoisotopic (exact) mass is 283 g/mol. The highest BCUT2D eigenvalue weighted by Gasteiger charge is 2.26. The molecule has 1 aromatic carbocycles. The Kier molecular flexibility index (Phi) is 5.05. The second-order valence-corrected chi connectivity index (χ2v) is 5.73. The van der Waals surface area contributed by atoms with Crippen molar-refractivity contribution in [2.75, 3.05) is 24.5 Å². The maximum Gasteiger partial charge on any atom is 0.295 e. The van der Waals surface area contributed by atoms with Gasteiger partial charge in [-0.25, -0.2) is 4.39 Å². The van der Waals surface area contributed by atoms with Crippen LogP contribution < -0.4 is 10.6 Å². The molecule has 0 aliphatic rings. The number of halogens is 1. The fourth-order valence-corrected chi connectivity index (χ4v) is 2.00. The van der Waals surface area contributed by atoms with Gasteiger partial charge in [-0.1, -0.05) is 13.8 Å². The number of benzene rings is 1. The summed E-state index contributed by atoms with van der Waals surface area (Å²) in [6, 6.07) is 2.52. The van der Waals surface area contributed by atoms with E-state index in [0.29, 0.717) is 30.9 Å². The zero-order chi connectivity index (χ0) is 15.5. The number of anilines is 1. The fourth-order valence-electron chi connectivity index (χ4n) is 2.00. The Hall–Kier alpha value is -1.69. The van der Waals surface area contributed by atoms with Gasteiger partial charge >= 0.3 is 0 Å². The molecule has 0 aromatic heterocycles. The van der Waals surface area contributed by atoms with Crippen LogP contribution in [0.1, 0.15) is 26.3 Å². The first-order valence-corrected chi connectivity index (χ1v) is 6.61. The zero-order valence-electron chi connectivity index (χ0n) is 12.4. The molecule has 0 unspecified atom stereocenters. The topological polar surface area (TPSA) is 72.4 Å². The summed E-state index contributed by atoms with van der Waals surface area (Å²) in [5.41, 5.74) is 6.18. The van der Waals surface area contributed by atoms with E-state index in [-0.39, 0.29) is 11.1 Å². The second kappa shape index (κ2) is 6.17. The van der Waals surface area contributed by atoms with Gasteiger partial charge in [-0.3, -0.25) is 10.1 Å². The lowest BCUT2D eigenvalue weighted by atomic mass is 9.92. The van der Waals surface area contributed by atoms with E-state index in [1.165, 1.54) is 6.07 Å². The van der Waals surface area contributed by atoms with Gasteiger partial charge < -0.3 is 10.6 Å². The average Bonchev–Trinajstić information content (AvgIpc) is 2.38.